The Labute approximate surface area is 144 Å². The van der Waals surface area contributed by atoms with E-state index in [0.29, 0.717) is 12.8 Å². The molecule has 0 aromatic heterocycles. The Hall–Kier alpha value is -2.26. The summed E-state index contributed by atoms with van der Waals surface area (Å²) < 4.78 is 15.0. The maximum atomic E-state index is 12.3. The molecule has 0 radical (unpaired) electrons. The SMILES string of the molecule is CCCC(OC(C)=O)C(=O)C1OC1C(O)C(/C=C\C(=O)O)OC(C)=O. The summed E-state index contributed by atoms with van der Waals surface area (Å²) in [6, 6.07) is 0. The monoisotopic (exact) mass is 358 g/mol. The first-order valence-electron chi connectivity index (χ1n) is 7.80. The second-order valence-electron chi connectivity index (χ2n) is 5.57. The molecule has 2 N–H and O–H groups in total. The molecule has 1 fully saturated rings. The van der Waals surface area contributed by atoms with Gasteiger partial charge in [-0.2, -0.15) is 0 Å². The van der Waals surface area contributed by atoms with Crippen LogP contribution >= 0.6 is 0 Å². The summed E-state index contributed by atoms with van der Waals surface area (Å²) in [7, 11) is 0. The summed E-state index contributed by atoms with van der Waals surface area (Å²) in [6.07, 6.45) is -3.07. The average molecular weight is 358 g/mol. The van der Waals surface area contributed by atoms with Crippen LogP contribution in [0.4, 0.5) is 0 Å². The Balaban J connectivity index is 2.77. The minimum atomic E-state index is -1.44. The van der Waals surface area contributed by atoms with Gasteiger partial charge >= 0.3 is 17.9 Å². The van der Waals surface area contributed by atoms with Crippen molar-refractivity contribution < 1.29 is 43.6 Å². The molecular formula is C16H22O9. The predicted molar refractivity (Wildman–Crippen MR) is 82.5 cm³/mol. The number of carboxylic acids is 1. The normalized spacial score (nSPS) is 22.7. The summed E-state index contributed by atoms with van der Waals surface area (Å²) in [5.41, 5.74) is 0. The van der Waals surface area contributed by atoms with E-state index in [0.717, 1.165) is 19.1 Å². The highest BCUT2D eigenvalue weighted by atomic mass is 16.6. The van der Waals surface area contributed by atoms with Crippen molar-refractivity contribution in [2.24, 2.45) is 0 Å². The molecule has 0 spiro atoms. The van der Waals surface area contributed by atoms with Crippen molar-refractivity contribution in [3.8, 4) is 0 Å². The van der Waals surface area contributed by atoms with Crippen molar-refractivity contribution in [3.05, 3.63) is 12.2 Å². The van der Waals surface area contributed by atoms with Crippen LogP contribution in [-0.4, -0.2) is 64.4 Å². The zero-order chi connectivity index (χ0) is 19.1. The van der Waals surface area contributed by atoms with Gasteiger partial charge in [-0.05, 0) is 12.5 Å². The van der Waals surface area contributed by atoms with E-state index in [4.69, 9.17) is 19.3 Å². The zero-order valence-electron chi connectivity index (χ0n) is 14.2. The molecule has 140 valence electrons. The lowest BCUT2D eigenvalue weighted by Gasteiger charge is -2.18. The van der Waals surface area contributed by atoms with Gasteiger partial charge in [0, 0.05) is 19.9 Å². The van der Waals surface area contributed by atoms with Crippen LogP contribution in [-0.2, 0) is 33.4 Å². The number of hydrogen-bond donors (Lipinski definition) is 2. The van der Waals surface area contributed by atoms with E-state index in [2.05, 4.69) is 0 Å². The molecule has 0 aromatic rings. The number of carbonyl (C=O) groups is 4. The molecule has 1 aliphatic rings. The van der Waals surface area contributed by atoms with Crippen LogP contribution in [0.1, 0.15) is 33.6 Å². The molecule has 0 aromatic carbocycles. The number of hydrogen-bond acceptors (Lipinski definition) is 8. The lowest BCUT2D eigenvalue weighted by atomic mass is 10.0. The van der Waals surface area contributed by atoms with Crippen molar-refractivity contribution in [3.63, 3.8) is 0 Å². The smallest absolute Gasteiger partial charge is 0.328 e. The molecule has 5 atom stereocenters. The number of epoxide rings is 1. The fourth-order valence-corrected chi connectivity index (χ4v) is 2.30. The number of esters is 2. The minimum Gasteiger partial charge on any atom is -0.478 e. The fourth-order valence-electron chi connectivity index (χ4n) is 2.30. The van der Waals surface area contributed by atoms with Gasteiger partial charge < -0.3 is 24.4 Å². The van der Waals surface area contributed by atoms with Gasteiger partial charge in [-0.25, -0.2) is 4.79 Å². The third-order valence-electron chi connectivity index (χ3n) is 3.39. The van der Waals surface area contributed by atoms with Crippen molar-refractivity contribution in [2.45, 2.75) is 64.1 Å². The largest absolute Gasteiger partial charge is 0.478 e. The van der Waals surface area contributed by atoms with Crippen LogP contribution in [0.25, 0.3) is 0 Å². The third kappa shape index (κ3) is 6.63. The molecular weight excluding hydrogens is 336 g/mol. The molecule has 0 aliphatic carbocycles. The summed E-state index contributed by atoms with van der Waals surface area (Å²) in [5.74, 6) is -3.12. The Morgan fingerprint density at radius 1 is 1.16 bits per heavy atom. The molecule has 1 rings (SSSR count). The van der Waals surface area contributed by atoms with E-state index in [-0.39, 0.29) is 0 Å². The summed E-state index contributed by atoms with van der Waals surface area (Å²) in [5, 5.41) is 18.9. The number of ketones is 1. The summed E-state index contributed by atoms with van der Waals surface area (Å²) in [6.45, 7) is 4.10. The van der Waals surface area contributed by atoms with E-state index in [9.17, 15) is 24.3 Å². The molecule has 5 unspecified atom stereocenters. The van der Waals surface area contributed by atoms with Crippen LogP contribution < -0.4 is 0 Å². The second kappa shape index (κ2) is 9.28. The summed E-state index contributed by atoms with van der Waals surface area (Å²) in [4.78, 5) is 45.1. The van der Waals surface area contributed by atoms with Gasteiger partial charge in [-0.1, -0.05) is 13.3 Å². The number of Topliss-reactive ketones (excluding diaryl/α,β-unsaturated/α-hetero) is 1. The molecule has 0 saturated carbocycles. The number of rotatable bonds is 10. The molecule has 1 heterocycles. The molecule has 1 aliphatic heterocycles. The van der Waals surface area contributed by atoms with Gasteiger partial charge in [0.05, 0.1) is 0 Å². The van der Waals surface area contributed by atoms with E-state index >= 15 is 0 Å². The van der Waals surface area contributed by atoms with Gasteiger partial charge in [0.15, 0.2) is 6.10 Å². The van der Waals surface area contributed by atoms with E-state index in [1.807, 2.05) is 6.92 Å². The molecule has 25 heavy (non-hydrogen) atoms. The fraction of sp³-hybridized carbons (Fsp3) is 0.625. The molecule has 9 nitrogen and oxygen atoms in total. The first-order valence-corrected chi connectivity index (χ1v) is 7.80. The number of aliphatic carboxylic acids is 1. The molecule has 0 amide bonds. The van der Waals surface area contributed by atoms with E-state index < -0.39 is 54.2 Å². The second-order valence-corrected chi connectivity index (χ2v) is 5.57. The minimum absolute atomic E-state index is 0.313. The summed E-state index contributed by atoms with van der Waals surface area (Å²) >= 11 is 0. The average Bonchev–Trinajstić information content (AvgIpc) is 3.29. The van der Waals surface area contributed by atoms with Crippen LogP contribution in [0, 0.1) is 0 Å². The standard InChI is InChI=1S/C16H22O9/c1-4-5-10(23-8(2)17)13(21)15-16(25-15)14(22)11(24-9(3)18)6-7-12(19)20/h6-7,10-11,14-16,22H,4-5H2,1-3H3,(H,19,20)/b7-6-. The van der Waals surface area contributed by atoms with Crippen LogP contribution in [0.2, 0.25) is 0 Å². The number of ether oxygens (including phenoxy) is 3. The maximum Gasteiger partial charge on any atom is 0.328 e. The topological polar surface area (TPSA) is 140 Å². The predicted octanol–water partition coefficient (Wildman–Crippen LogP) is -0.0119. The highest BCUT2D eigenvalue weighted by Crippen LogP contribution is 2.31. The van der Waals surface area contributed by atoms with Gasteiger partial charge in [-0.15, -0.1) is 0 Å². The Morgan fingerprint density at radius 2 is 1.76 bits per heavy atom. The van der Waals surface area contributed by atoms with Gasteiger partial charge in [0.25, 0.3) is 0 Å². The first-order chi connectivity index (χ1) is 11.7. The van der Waals surface area contributed by atoms with E-state index in [1.165, 1.54) is 6.92 Å². The quantitative estimate of drug-likeness (QED) is 0.313. The maximum absolute atomic E-state index is 12.3. The Kier molecular flexibility index (Phi) is 7.72. The number of aliphatic hydroxyl groups is 1. The Bertz CT molecular complexity index is 554. The number of carboxylic acid groups (broad SMARTS) is 1. The lowest BCUT2D eigenvalue weighted by Crippen LogP contribution is -2.37. The third-order valence-corrected chi connectivity index (χ3v) is 3.39. The highest BCUT2D eigenvalue weighted by molar-refractivity contribution is 5.91. The van der Waals surface area contributed by atoms with Crippen LogP contribution in [0.15, 0.2) is 12.2 Å². The van der Waals surface area contributed by atoms with Crippen molar-refractivity contribution in [1.82, 2.24) is 0 Å². The van der Waals surface area contributed by atoms with Crippen molar-refractivity contribution in [2.75, 3.05) is 0 Å². The van der Waals surface area contributed by atoms with Crippen LogP contribution in [0.5, 0.6) is 0 Å². The van der Waals surface area contributed by atoms with Gasteiger partial charge in [0.1, 0.15) is 24.4 Å². The molecule has 0 bridgehead atoms. The highest BCUT2D eigenvalue weighted by Gasteiger charge is 2.54. The van der Waals surface area contributed by atoms with Crippen LogP contribution in [0.3, 0.4) is 0 Å². The van der Waals surface area contributed by atoms with Gasteiger partial charge in [-0.3, -0.25) is 14.4 Å². The molecule has 9 heteroatoms. The van der Waals surface area contributed by atoms with E-state index in [1.54, 1.807) is 0 Å². The lowest BCUT2D eigenvalue weighted by molar-refractivity contribution is -0.154. The first kappa shape index (κ1) is 20.8. The Morgan fingerprint density at radius 3 is 2.24 bits per heavy atom. The molecule has 1 saturated heterocycles. The zero-order valence-corrected chi connectivity index (χ0v) is 14.2. The van der Waals surface area contributed by atoms with Crippen molar-refractivity contribution in [1.29, 1.82) is 0 Å². The number of carbonyl (C=O) groups excluding carboxylic acids is 3. The number of aliphatic hydroxyl groups excluding tert-OH is 1. The van der Waals surface area contributed by atoms with Gasteiger partial charge in [0.2, 0.25) is 5.78 Å². The van der Waals surface area contributed by atoms with Crippen molar-refractivity contribution >= 4 is 23.7 Å².